The Labute approximate surface area is 112 Å². The van der Waals surface area contributed by atoms with E-state index in [1.807, 2.05) is 4.90 Å². The number of aromatic nitrogens is 1. The summed E-state index contributed by atoms with van der Waals surface area (Å²) >= 11 is 1.33. The minimum absolute atomic E-state index is 0.0418. The maximum atomic E-state index is 12.2. The van der Waals surface area contributed by atoms with Crippen LogP contribution in [0.2, 0.25) is 0 Å². The Bertz CT molecular complexity index is 405. The minimum Gasteiger partial charge on any atom is -0.375 e. The second-order valence-corrected chi connectivity index (χ2v) is 5.84. The van der Waals surface area contributed by atoms with Crippen LogP contribution in [0.3, 0.4) is 0 Å². The van der Waals surface area contributed by atoms with Gasteiger partial charge in [0.2, 0.25) is 0 Å². The fourth-order valence-corrected chi connectivity index (χ4v) is 3.15. The summed E-state index contributed by atoms with van der Waals surface area (Å²) in [5, 5.41) is 2.23. The summed E-state index contributed by atoms with van der Waals surface area (Å²) in [5.74, 6) is 0.827. The summed E-state index contributed by atoms with van der Waals surface area (Å²) in [6, 6.07) is 0. The highest BCUT2D eigenvalue weighted by Gasteiger charge is 2.22. The Morgan fingerprint density at radius 2 is 2.39 bits per heavy atom. The fourth-order valence-electron chi connectivity index (χ4n) is 2.61. The van der Waals surface area contributed by atoms with Crippen molar-refractivity contribution in [1.29, 1.82) is 0 Å². The molecule has 1 aromatic rings. The SMILES string of the molecule is CCCC1CCCN(C(=O)c2csc(N)n2)CC1. The first-order valence-corrected chi connectivity index (χ1v) is 7.59. The molecule has 1 fully saturated rings. The molecular formula is C13H21N3OS. The van der Waals surface area contributed by atoms with Crippen LogP contribution >= 0.6 is 11.3 Å². The molecule has 1 amide bonds. The number of carbonyl (C=O) groups is 1. The number of likely N-dealkylation sites (tertiary alicyclic amines) is 1. The van der Waals surface area contributed by atoms with Crippen LogP contribution in [-0.2, 0) is 0 Å². The van der Waals surface area contributed by atoms with Gasteiger partial charge in [0, 0.05) is 18.5 Å². The van der Waals surface area contributed by atoms with E-state index in [1.165, 1.54) is 30.6 Å². The number of nitrogens with two attached hydrogens (primary N) is 1. The first-order chi connectivity index (χ1) is 8.70. The van der Waals surface area contributed by atoms with Crippen LogP contribution < -0.4 is 5.73 Å². The van der Waals surface area contributed by atoms with Crippen molar-refractivity contribution in [2.24, 2.45) is 5.92 Å². The molecule has 0 radical (unpaired) electrons. The van der Waals surface area contributed by atoms with Crippen LogP contribution in [0.5, 0.6) is 0 Å². The topological polar surface area (TPSA) is 59.2 Å². The first-order valence-electron chi connectivity index (χ1n) is 6.71. The average Bonchev–Trinajstić information content (AvgIpc) is 2.65. The van der Waals surface area contributed by atoms with Crippen LogP contribution in [0.4, 0.5) is 5.13 Å². The molecule has 0 aliphatic carbocycles. The Hall–Kier alpha value is -1.10. The summed E-state index contributed by atoms with van der Waals surface area (Å²) in [7, 11) is 0. The van der Waals surface area contributed by atoms with E-state index in [0.717, 1.165) is 31.8 Å². The van der Waals surface area contributed by atoms with Crippen LogP contribution in [0.25, 0.3) is 0 Å². The van der Waals surface area contributed by atoms with Gasteiger partial charge in [0.1, 0.15) is 5.69 Å². The monoisotopic (exact) mass is 267 g/mol. The number of hydrogen-bond acceptors (Lipinski definition) is 4. The normalized spacial score (nSPS) is 20.7. The third-order valence-corrected chi connectivity index (χ3v) is 4.25. The van der Waals surface area contributed by atoms with Gasteiger partial charge >= 0.3 is 0 Å². The molecule has 0 aromatic carbocycles. The zero-order valence-electron chi connectivity index (χ0n) is 10.9. The van der Waals surface area contributed by atoms with E-state index in [1.54, 1.807) is 5.38 Å². The molecule has 1 aliphatic rings. The highest BCUT2D eigenvalue weighted by Crippen LogP contribution is 2.23. The third kappa shape index (κ3) is 3.22. The Morgan fingerprint density at radius 3 is 3.06 bits per heavy atom. The molecule has 1 saturated heterocycles. The summed E-state index contributed by atoms with van der Waals surface area (Å²) in [6.45, 7) is 3.95. The number of amides is 1. The third-order valence-electron chi connectivity index (χ3n) is 3.57. The Balaban J connectivity index is 1.95. The maximum Gasteiger partial charge on any atom is 0.273 e. The molecule has 2 N–H and O–H groups in total. The Kier molecular flexibility index (Phi) is 4.58. The number of anilines is 1. The first kappa shape index (κ1) is 13.3. The van der Waals surface area contributed by atoms with Crippen LogP contribution in [0, 0.1) is 5.92 Å². The van der Waals surface area contributed by atoms with Crippen molar-refractivity contribution in [2.75, 3.05) is 18.8 Å². The van der Waals surface area contributed by atoms with Gasteiger partial charge in [-0.2, -0.15) is 0 Å². The number of thiazole rings is 1. The van der Waals surface area contributed by atoms with Crippen molar-refractivity contribution in [3.05, 3.63) is 11.1 Å². The number of nitrogens with zero attached hydrogens (tertiary/aromatic N) is 2. The van der Waals surface area contributed by atoms with Gasteiger partial charge < -0.3 is 10.6 Å². The van der Waals surface area contributed by atoms with Gasteiger partial charge in [-0.15, -0.1) is 11.3 Å². The van der Waals surface area contributed by atoms with Gasteiger partial charge in [-0.05, 0) is 25.2 Å². The standard InChI is InChI=1S/C13H21N3OS/c1-2-4-10-5-3-7-16(8-6-10)12(17)11-9-18-13(14)15-11/h9-10H,2-8H2,1H3,(H2,14,15). The molecule has 1 aliphatic heterocycles. The number of carbonyl (C=O) groups excluding carboxylic acids is 1. The summed E-state index contributed by atoms with van der Waals surface area (Å²) in [6.07, 6.45) is 6.00. The highest BCUT2D eigenvalue weighted by molar-refractivity contribution is 7.13. The maximum absolute atomic E-state index is 12.2. The molecule has 0 bridgehead atoms. The lowest BCUT2D eigenvalue weighted by atomic mass is 9.96. The van der Waals surface area contributed by atoms with Crippen LogP contribution in [-0.4, -0.2) is 28.9 Å². The molecule has 0 saturated carbocycles. The molecule has 1 aromatic heterocycles. The van der Waals surface area contributed by atoms with Crippen molar-refractivity contribution in [3.8, 4) is 0 Å². The largest absolute Gasteiger partial charge is 0.375 e. The van der Waals surface area contributed by atoms with Gasteiger partial charge in [-0.3, -0.25) is 4.79 Å². The minimum atomic E-state index is 0.0418. The predicted octanol–water partition coefficient (Wildman–Crippen LogP) is 2.77. The van der Waals surface area contributed by atoms with Crippen molar-refractivity contribution in [3.63, 3.8) is 0 Å². The molecule has 5 heteroatoms. The average molecular weight is 267 g/mol. The molecule has 100 valence electrons. The summed E-state index contributed by atoms with van der Waals surface area (Å²) in [4.78, 5) is 18.3. The second-order valence-electron chi connectivity index (χ2n) is 4.95. The van der Waals surface area contributed by atoms with Gasteiger partial charge in [0.05, 0.1) is 0 Å². The fraction of sp³-hybridized carbons (Fsp3) is 0.692. The van der Waals surface area contributed by atoms with E-state index in [4.69, 9.17) is 5.73 Å². The molecule has 1 atom stereocenters. The van der Waals surface area contributed by atoms with Crippen molar-refractivity contribution >= 4 is 22.4 Å². The van der Waals surface area contributed by atoms with E-state index < -0.39 is 0 Å². The number of rotatable bonds is 3. The van der Waals surface area contributed by atoms with E-state index in [0.29, 0.717) is 10.8 Å². The van der Waals surface area contributed by atoms with E-state index in [-0.39, 0.29) is 5.91 Å². The lowest BCUT2D eigenvalue weighted by Gasteiger charge is -2.19. The van der Waals surface area contributed by atoms with Gasteiger partial charge in [0.15, 0.2) is 5.13 Å². The summed E-state index contributed by atoms with van der Waals surface area (Å²) in [5.41, 5.74) is 6.08. The second kappa shape index (κ2) is 6.18. The molecule has 18 heavy (non-hydrogen) atoms. The van der Waals surface area contributed by atoms with E-state index >= 15 is 0 Å². The van der Waals surface area contributed by atoms with Gasteiger partial charge in [-0.25, -0.2) is 4.98 Å². The van der Waals surface area contributed by atoms with E-state index in [9.17, 15) is 4.79 Å². The lowest BCUT2D eigenvalue weighted by Crippen LogP contribution is -2.32. The zero-order valence-corrected chi connectivity index (χ0v) is 11.7. The smallest absolute Gasteiger partial charge is 0.273 e. The number of hydrogen-bond donors (Lipinski definition) is 1. The van der Waals surface area contributed by atoms with Gasteiger partial charge in [-0.1, -0.05) is 19.8 Å². The molecule has 0 spiro atoms. The quantitative estimate of drug-likeness (QED) is 0.916. The predicted molar refractivity (Wildman–Crippen MR) is 74.7 cm³/mol. The van der Waals surface area contributed by atoms with Crippen molar-refractivity contribution < 1.29 is 4.79 Å². The highest BCUT2D eigenvalue weighted by atomic mass is 32.1. The molecule has 2 rings (SSSR count). The summed E-state index contributed by atoms with van der Waals surface area (Å²) < 4.78 is 0. The van der Waals surface area contributed by atoms with E-state index in [2.05, 4.69) is 11.9 Å². The van der Waals surface area contributed by atoms with Crippen molar-refractivity contribution in [1.82, 2.24) is 9.88 Å². The molecule has 4 nitrogen and oxygen atoms in total. The van der Waals surface area contributed by atoms with Crippen LogP contribution in [0.15, 0.2) is 5.38 Å². The molecular weight excluding hydrogens is 246 g/mol. The number of nitrogen functional groups attached to an aromatic ring is 1. The van der Waals surface area contributed by atoms with Crippen LogP contribution in [0.1, 0.15) is 49.5 Å². The molecule has 1 unspecified atom stereocenters. The zero-order chi connectivity index (χ0) is 13.0. The van der Waals surface area contributed by atoms with Crippen molar-refractivity contribution in [2.45, 2.75) is 39.0 Å². The lowest BCUT2D eigenvalue weighted by molar-refractivity contribution is 0.0755. The molecule has 2 heterocycles. The Morgan fingerprint density at radius 1 is 1.56 bits per heavy atom. The van der Waals surface area contributed by atoms with Gasteiger partial charge in [0.25, 0.3) is 5.91 Å².